The monoisotopic (exact) mass is 947 g/mol. The zero-order valence-electron chi connectivity index (χ0n) is 39.1. The first-order valence-corrected chi connectivity index (χ1v) is 23.5. The number of allylic oxidation sites excluding steroid dienone is 1. The molecule has 360 valence electrons. The van der Waals surface area contributed by atoms with E-state index in [4.69, 9.17) is 14.2 Å². The van der Waals surface area contributed by atoms with Gasteiger partial charge in [-0.25, -0.2) is 4.98 Å². The molecule has 0 bridgehead atoms. The van der Waals surface area contributed by atoms with Crippen molar-refractivity contribution in [1.29, 1.82) is 0 Å². The van der Waals surface area contributed by atoms with Crippen LogP contribution in [0.5, 0.6) is 17.2 Å². The number of hydrogen-bond donors (Lipinski definition) is 6. The molecule has 0 radical (unpaired) electrons. The minimum atomic E-state index is -1.01. The highest BCUT2D eigenvalue weighted by molar-refractivity contribution is 7.13. The van der Waals surface area contributed by atoms with Crippen LogP contribution in [0.15, 0.2) is 103 Å². The molecular weight excluding hydrogens is 887 g/mol. The van der Waals surface area contributed by atoms with Crippen molar-refractivity contribution in [2.45, 2.75) is 72.2 Å². The highest BCUT2D eigenvalue weighted by atomic mass is 32.1. The maximum Gasteiger partial charge on any atom is 0.246 e. The van der Waals surface area contributed by atoms with E-state index in [9.17, 15) is 34.5 Å². The maximum absolute atomic E-state index is 13.9. The lowest BCUT2D eigenvalue weighted by molar-refractivity contribution is -0.144. The molecule has 68 heavy (non-hydrogen) atoms. The van der Waals surface area contributed by atoms with Crippen molar-refractivity contribution in [3.63, 3.8) is 0 Å². The topological polar surface area (TPSA) is 209 Å². The van der Waals surface area contributed by atoms with Gasteiger partial charge in [-0.3, -0.25) is 19.2 Å². The van der Waals surface area contributed by atoms with E-state index in [1.54, 1.807) is 61.9 Å². The third-order valence-electron chi connectivity index (χ3n) is 11.4. The van der Waals surface area contributed by atoms with E-state index >= 15 is 0 Å². The number of ether oxygens (including phenoxy) is 3. The Hall–Kier alpha value is -6.59. The Morgan fingerprint density at radius 1 is 0.794 bits per heavy atom. The number of β-amino-alcohol motifs (C(OH)–C–C–N with tert-alkyl or cyclic N) is 1. The van der Waals surface area contributed by atoms with E-state index in [1.807, 2.05) is 79.7 Å². The molecule has 6 rings (SSSR count). The van der Waals surface area contributed by atoms with Crippen molar-refractivity contribution in [2.24, 2.45) is 5.41 Å². The second kappa shape index (κ2) is 23.9. The number of aryl methyl sites for hydroxylation is 1. The Morgan fingerprint density at radius 3 is 1.96 bits per heavy atom. The molecule has 5 aromatic rings. The molecule has 1 aliphatic rings. The van der Waals surface area contributed by atoms with E-state index < -0.39 is 41.3 Å². The maximum atomic E-state index is 13.9. The van der Waals surface area contributed by atoms with Crippen molar-refractivity contribution < 1.29 is 48.7 Å². The zero-order valence-corrected chi connectivity index (χ0v) is 39.9. The lowest BCUT2D eigenvalue weighted by atomic mass is 9.85. The number of nitrogens with one attached hydrogen (secondary N) is 3. The summed E-state index contributed by atoms with van der Waals surface area (Å²) in [5.41, 5.74) is 8.83. The number of hydrogen-bond acceptors (Lipinski definition) is 12. The first kappa shape index (κ1) is 50.8. The molecule has 3 atom stereocenters. The summed E-state index contributed by atoms with van der Waals surface area (Å²) >= 11 is 1.56. The van der Waals surface area contributed by atoms with Crippen molar-refractivity contribution in [2.75, 3.05) is 46.1 Å². The Labute approximate surface area is 401 Å². The number of carbonyl (C=O) groups excluding carboxylic acids is 4. The van der Waals surface area contributed by atoms with Crippen molar-refractivity contribution in [3.05, 3.63) is 131 Å². The van der Waals surface area contributed by atoms with Crippen LogP contribution in [0.3, 0.4) is 0 Å². The molecule has 0 unspecified atom stereocenters. The van der Waals surface area contributed by atoms with Crippen LogP contribution in [0, 0.1) is 12.3 Å². The third-order valence-corrected chi connectivity index (χ3v) is 12.4. The lowest BCUT2D eigenvalue weighted by Gasteiger charge is -2.35. The molecule has 1 fully saturated rings. The van der Waals surface area contributed by atoms with Crippen LogP contribution >= 0.6 is 11.3 Å². The minimum absolute atomic E-state index is 0.0143. The fraction of sp³-hybridized carbons (Fsp3) is 0.365. The summed E-state index contributed by atoms with van der Waals surface area (Å²) < 4.78 is 16.8. The van der Waals surface area contributed by atoms with Gasteiger partial charge in [0.2, 0.25) is 23.6 Å². The van der Waals surface area contributed by atoms with E-state index in [1.165, 1.54) is 4.90 Å². The predicted octanol–water partition coefficient (Wildman–Crippen LogP) is 6.24. The summed E-state index contributed by atoms with van der Waals surface area (Å²) in [5.74, 6) is -0.800. The molecule has 0 aliphatic carbocycles. The van der Waals surface area contributed by atoms with Crippen LogP contribution in [-0.2, 0) is 35.2 Å². The number of aliphatic hydroxyl groups excluding tert-OH is 1. The van der Waals surface area contributed by atoms with Gasteiger partial charge in [-0.15, -0.1) is 11.3 Å². The standard InChI is InChI=1S/C52H61N5O10S/c1-6-43(35-11-17-39(58)18-12-35)47(36-13-19-40(59)20-14-36)37-15-21-42(22-16-37)67-24-23-53-45(61)30-65-25-26-66-31-46(62)56-49(52(3,4)5)51(64)57-29-41(60)27-44(57)50(63)54-28-34-7-9-38(10-8-34)48-33(2)55-32-68-48/h7-22,32,41,44,49,58-60H,6,23-31H2,1-5H3,(H,53,61)(H,54,63)(H,56,62)/t41-,44+,49-/m1/s1. The number of amides is 4. The fourth-order valence-corrected chi connectivity index (χ4v) is 8.70. The van der Waals surface area contributed by atoms with Gasteiger partial charge in [0.05, 0.1) is 41.9 Å². The summed E-state index contributed by atoms with van der Waals surface area (Å²) in [7, 11) is 0. The second-order valence-corrected chi connectivity index (χ2v) is 18.4. The van der Waals surface area contributed by atoms with Crippen molar-refractivity contribution in [1.82, 2.24) is 25.8 Å². The van der Waals surface area contributed by atoms with Crippen molar-refractivity contribution >= 4 is 46.1 Å². The van der Waals surface area contributed by atoms with Gasteiger partial charge in [-0.1, -0.05) is 88.4 Å². The Morgan fingerprint density at radius 2 is 1.38 bits per heavy atom. The van der Waals surface area contributed by atoms with Crippen LogP contribution in [0.4, 0.5) is 0 Å². The van der Waals surface area contributed by atoms with Crippen LogP contribution in [-0.4, -0.2) is 113 Å². The molecule has 4 amide bonds. The number of aromatic hydroxyl groups is 2. The van der Waals surface area contributed by atoms with Crippen molar-refractivity contribution in [3.8, 4) is 27.7 Å². The van der Waals surface area contributed by atoms with E-state index in [2.05, 4.69) is 27.9 Å². The number of benzene rings is 4. The largest absolute Gasteiger partial charge is 0.508 e. The van der Waals surface area contributed by atoms with Crippen LogP contribution in [0.2, 0.25) is 0 Å². The minimum Gasteiger partial charge on any atom is -0.508 e. The quantitative estimate of drug-likeness (QED) is 0.0359. The van der Waals surface area contributed by atoms with E-state index in [-0.39, 0.29) is 76.5 Å². The SMILES string of the molecule is CCC(=C(c1ccc(O)cc1)c1ccc(OCCNC(=O)COCCOCC(=O)N[C@H](C(=O)N2C[C@H](O)C[C@H]2C(=O)NCc2ccc(-c3scnc3C)cc2)C(C)(C)C)cc1)c1ccc(O)cc1. The number of aromatic nitrogens is 1. The predicted molar refractivity (Wildman–Crippen MR) is 261 cm³/mol. The van der Waals surface area contributed by atoms with Gasteiger partial charge in [0.1, 0.15) is 49.2 Å². The smallest absolute Gasteiger partial charge is 0.246 e. The third kappa shape index (κ3) is 14.0. The average Bonchev–Trinajstić information content (AvgIpc) is 3.94. The number of carbonyl (C=O) groups is 4. The highest BCUT2D eigenvalue weighted by Gasteiger charge is 2.44. The summed E-state index contributed by atoms with van der Waals surface area (Å²) in [4.78, 5) is 59.5. The van der Waals surface area contributed by atoms with Crippen LogP contribution in [0.25, 0.3) is 21.6 Å². The van der Waals surface area contributed by atoms with Gasteiger partial charge in [-0.2, -0.15) is 0 Å². The van der Waals surface area contributed by atoms with Gasteiger partial charge in [-0.05, 0) is 94.1 Å². The molecule has 16 heteroatoms. The molecule has 0 saturated carbocycles. The number of aliphatic hydroxyl groups is 1. The van der Waals surface area contributed by atoms with Gasteiger partial charge in [0, 0.05) is 19.5 Å². The summed E-state index contributed by atoms with van der Waals surface area (Å²) in [5, 5.41) is 38.8. The molecule has 1 aromatic heterocycles. The number of phenols is 2. The molecule has 2 heterocycles. The molecule has 0 spiro atoms. The van der Waals surface area contributed by atoms with Crippen LogP contribution < -0.4 is 20.7 Å². The first-order valence-electron chi connectivity index (χ1n) is 22.6. The van der Waals surface area contributed by atoms with Gasteiger partial charge >= 0.3 is 0 Å². The normalized spacial score (nSPS) is 15.6. The fourth-order valence-electron chi connectivity index (χ4n) is 7.89. The molecule has 15 nitrogen and oxygen atoms in total. The summed E-state index contributed by atoms with van der Waals surface area (Å²) in [6, 6.07) is 27.6. The second-order valence-electron chi connectivity index (χ2n) is 17.6. The molecule has 4 aromatic carbocycles. The number of likely N-dealkylation sites (tertiary alicyclic amines) is 1. The Bertz CT molecular complexity index is 2500. The number of nitrogens with zero attached hydrogens (tertiary/aromatic N) is 2. The van der Waals surface area contributed by atoms with E-state index in [0.29, 0.717) is 5.75 Å². The Balaban J connectivity index is 0.893. The highest BCUT2D eigenvalue weighted by Crippen LogP contribution is 2.36. The molecular formula is C52H61N5O10S. The zero-order chi connectivity index (χ0) is 48.8. The van der Waals surface area contributed by atoms with E-state index in [0.717, 1.165) is 56.0 Å². The summed E-state index contributed by atoms with van der Waals surface area (Å²) in [6.07, 6.45) is -0.102. The van der Waals surface area contributed by atoms with Gasteiger partial charge in [0.25, 0.3) is 0 Å². The number of phenolic OH excluding ortho intramolecular Hbond substituents is 2. The van der Waals surface area contributed by atoms with Gasteiger partial charge < -0.3 is 50.4 Å². The van der Waals surface area contributed by atoms with Gasteiger partial charge in [0.15, 0.2) is 0 Å². The molecule has 1 aliphatic heterocycles. The molecule has 6 N–H and O–H groups in total. The van der Waals surface area contributed by atoms with Crippen LogP contribution in [0.1, 0.15) is 68.5 Å². The molecule has 1 saturated heterocycles. The number of thiazole rings is 1. The number of rotatable bonds is 21. The summed E-state index contributed by atoms with van der Waals surface area (Å²) in [6.45, 7) is 9.53. The average molecular weight is 948 g/mol. The first-order chi connectivity index (χ1) is 32.6. The lowest BCUT2D eigenvalue weighted by Crippen LogP contribution is -2.58. The Kier molecular flexibility index (Phi) is 17.9.